The van der Waals surface area contributed by atoms with Crippen LogP contribution >= 0.6 is 34.7 Å². The molecule has 2 aliphatic rings. The van der Waals surface area contributed by atoms with E-state index < -0.39 is 5.79 Å². The molecule has 0 N–H and O–H groups in total. The summed E-state index contributed by atoms with van der Waals surface area (Å²) in [6.07, 6.45) is 1.38. The number of halogens is 1. The smallest absolute Gasteiger partial charge is 0.273 e. The van der Waals surface area contributed by atoms with E-state index in [1.807, 2.05) is 51.2 Å². The van der Waals surface area contributed by atoms with Crippen LogP contribution in [0.25, 0.3) is 17.1 Å². The summed E-state index contributed by atoms with van der Waals surface area (Å²) in [6.45, 7) is 4.51. The molecule has 0 bridgehead atoms. The minimum absolute atomic E-state index is 0.0471. The van der Waals surface area contributed by atoms with Gasteiger partial charge in [0.25, 0.3) is 5.91 Å². The lowest BCUT2D eigenvalue weighted by Crippen LogP contribution is -2.47. The Balaban J connectivity index is 1.19. The Kier molecular flexibility index (Phi) is 7.24. The van der Waals surface area contributed by atoms with Gasteiger partial charge in [-0.25, -0.2) is 4.98 Å². The number of amides is 1. The van der Waals surface area contributed by atoms with Gasteiger partial charge >= 0.3 is 0 Å². The van der Waals surface area contributed by atoms with Crippen LogP contribution in [0.4, 0.5) is 0 Å². The largest absolute Gasteiger partial charge is 0.347 e. The zero-order valence-corrected chi connectivity index (χ0v) is 23.2. The van der Waals surface area contributed by atoms with Crippen LogP contribution in [0.2, 0.25) is 5.02 Å². The molecule has 0 radical (unpaired) electrons. The number of thioether (sulfide) groups is 1. The van der Waals surface area contributed by atoms with Crippen molar-refractivity contribution in [3.05, 3.63) is 75.2 Å². The lowest BCUT2D eigenvalue weighted by Gasteiger charge is -2.37. The van der Waals surface area contributed by atoms with Crippen molar-refractivity contribution >= 4 is 40.6 Å². The normalized spacial score (nSPS) is 16.8. The summed E-state index contributed by atoms with van der Waals surface area (Å²) in [6, 6.07) is 15.8. The summed E-state index contributed by atoms with van der Waals surface area (Å²) in [5, 5.41) is 13.0. The average molecular weight is 568 g/mol. The van der Waals surface area contributed by atoms with Gasteiger partial charge in [-0.2, -0.15) is 0 Å². The lowest BCUT2D eigenvalue weighted by molar-refractivity contribution is -0.181. The maximum atomic E-state index is 13.1. The highest BCUT2D eigenvalue weighted by molar-refractivity contribution is 7.98. The van der Waals surface area contributed by atoms with E-state index in [2.05, 4.69) is 34.2 Å². The number of hydrogen-bond acceptors (Lipinski definition) is 8. The van der Waals surface area contributed by atoms with Crippen molar-refractivity contribution in [2.45, 2.75) is 36.5 Å². The number of ether oxygens (including phenoxy) is 2. The number of likely N-dealkylation sites (tertiary alicyclic amines) is 1. The Morgan fingerprint density at radius 3 is 2.55 bits per heavy atom. The molecule has 11 heteroatoms. The fraction of sp³-hybridized carbons (Fsp3) is 0.333. The Bertz CT molecular complexity index is 1440. The topological polar surface area (TPSA) is 82.4 Å². The molecule has 0 saturated carbocycles. The minimum Gasteiger partial charge on any atom is -0.347 e. The summed E-state index contributed by atoms with van der Waals surface area (Å²) in [7, 11) is 0. The van der Waals surface area contributed by atoms with Crippen molar-refractivity contribution in [3.8, 4) is 17.1 Å². The zero-order chi connectivity index (χ0) is 26.1. The van der Waals surface area contributed by atoms with E-state index in [1.54, 1.807) is 0 Å². The van der Waals surface area contributed by atoms with E-state index in [0.29, 0.717) is 61.4 Å². The molecule has 0 aliphatic carbocycles. The van der Waals surface area contributed by atoms with Gasteiger partial charge in [-0.05, 0) is 31.2 Å². The van der Waals surface area contributed by atoms with Crippen LogP contribution in [0.3, 0.4) is 0 Å². The van der Waals surface area contributed by atoms with Gasteiger partial charge < -0.3 is 14.4 Å². The summed E-state index contributed by atoms with van der Waals surface area (Å²) in [4.78, 5) is 19.6. The van der Waals surface area contributed by atoms with Crippen LogP contribution < -0.4 is 0 Å². The van der Waals surface area contributed by atoms with Crippen LogP contribution in [-0.4, -0.2) is 62.6 Å². The Morgan fingerprint density at radius 2 is 1.82 bits per heavy atom. The molecule has 38 heavy (non-hydrogen) atoms. The van der Waals surface area contributed by atoms with E-state index in [-0.39, 0.29) is 5.91 Å². The molecule has 4 aromatic rings. The second-order valence-corrected chi connectivity index (χ2v) is 11.6. The maximum absolute atomic E-state index is 13.1. The molecule has 2 fully saturated rings. The number of thiazole rings is 1. The Morgan fingerprint density at radius 1 is 1.08 bits per heavy atom. The van der Waals surface area contributed by atoms with Crippen LogP contribution in [-0.2, 0) is 15.2 Å². The average Bonchev–Trinajstić information content (AvgIpc) is 3.69. The number of rotatable bonds is 6. The zero-order valence-electron chi connectivity index (χ0n) is 20.8. The van der Waals surface area contributed by atoms with E-state index >= 15 is 0 Å². The van der Waals surface area contributed by atoms with Crippen molar-refractivity contribution in [3.63, 3.8) is 0 Å². The number of piperidine rings is 1. The fourth-order valence-corrected chi connectivity index (χ4v) is 6.66. The molecule has 0 unspecified atom stereocenters. The summed E-state index contributed by atoms with van der Waals surface area (Å²) in [5.74, 6) is 0.691. The monoisotopic (exact) mass is 567 g/mol. The predicted octanol–water partition coefficient (Wildman–Crippen LogP) is 5.62. The molecule has 196 valence electrons. The van der Waals surface area contributed by atoms with Gasteiger partial charge in [0.15, 0.2) is 16.8 Å². The van der Waals surface area contributed by atoms with Crippen molar-refractivity contribution in [2.24, 2.45) is 0 Å². The van der Waals surface area contributed by atoms with Gasteiger partial charge in [0, 0.05) is 42.6 Å². The molecule has 6 rings (SSSR count). The number of carbonyl (C=O) groups is 1. The van der Waals surface area contributed by atoms with Crippen LogP contribution in [0, 0.1) is 6.92 Å². The van der Waals surface area contributed by atoms with E-state index in [0.717, 1.165) is 21.4 Å². The van der Waals surface area contributed by atoms with Crippen molar-refractivity contribution in [1.82, 2.24) is 24.6 Å². The van der Waals surface area contributed by atoms with Gasteiger partial charge in [-0.3, -0.25) is 9.36 Å². The quantitative estimate of drug-likeness (QED) is 0.279. The highest BCUT2D eigenvalue weighted by atomic mass is 35.5. The van der Waals surface area contributed by atoms with Crippen molar-refractivity contribution in [1.29, 1.82) is 0 Å². The summed E-state index contributed by atoms with van der Waals surface area (Å²) in [5.41, 5.74) is 3.41. The number of carbonyl (C=O) groups excluding carboxylic acids is 1. The number of benzene rings is 2. The van der Waals surface area contributed by atoms with Gasteiger partial charge in [-0.1, -0.05) is 53.2 Å². The fourth-order valence-electron chi connectivity index (χ4n) is 4.71. The molecule has 8 nitrogen and oxygen atoms in total. The van der Waals surface area contributed by atoms with E-state index in [9.17, 15) is 4.79 Å². The van der Waals surface area contributed by atoms with Crippen molar-refractivity contribution < 1.29 is 14.3 Å². The first-order valence-electron chi connectivity index (χ1n) is 12.4. The molecule has 2 saturated heterocycles. The molecule has 2 aliphatic heterocycles. The van der Waals surface area contributed by atoms with E-state index in [1.165, 1.54) is 28.7 Å². The first kappa shape index (κ1) is 25.5. The number of aromatic nitrogens is 4. The van der Waals surface area contributed by atoms with Crippen LogP contribution in [0.15, 0.2) is 59.1 Å². The highest BCUT2D eigenvalue weighted by Gasteiger charge is 2.41. The molecule has 2 aromatic heterocycles. The third-order valence-electron chi connectivity index (χ3n) is 6.76. The number of aryl methyl sites for hydroxylation is 1. The Labute approximate surface area is 234 Å². The van der Waals surface area contributed by atoms with Gasteiger partial charge in [0.05, 0.1) is 24.0 Å². The summed E-state index contributed by atoms with van der Waals surface area (Å²) < 4.78 is 13.6. The molecule has 4 heterocycles. The van der Waals surface area contributed by atoms with E-state index in [4.69, 9.17) is 21.1 Å². The summed E-state index contributed by atoms with van der Waals surface area (Å²) >= 11 is 9.52. The lowest BCUT2D eigenvalue weighted by atomic mass is 10.0. The first-order valence-corrected chi connectivity index (χ1v) is 14.7. The number of hydrogen-bond donors (Lipinski definition) is 0. The molecule has 0 atom stereocenters. The minimum atomic E-state index is -0.503. The SMILES string of the molecule is Cc1ccc(-n2c(SCc3nc(C(=O)N4CCC5(CC4)OCCO5)cs3)nnc2-c2ccccc2Cl)cc1. The second-order valence-electron chi connectivity index (χ2n) is 9.27. The maximum Gasteiger partial charge on any atom is 0.273 e. The third-order valence-corrected chi connectivity index (χ3v) is 9.06. The predicted molar refractivity (Wildman–Crippen MR) is 148 cm³/mol. The van der Waals surface area contributed by atoms with Gasteiger partial charge in [0.2, 0.25) is 0 Å². The highest BCUT2D eigenvalue weighted by Crippen LogP contribution is 2.34. The second kappa shape index (κ2) is 10.8. The van der Waals surface area contributed by atoms with Crippen LogP contribution in [0.1, 0.15) is 33.9 Å². The molecule has 1 amide bonds. The molecular formula is C27H26ClN5O3S2. The van der Waals surface area contributed by atoms with Gasteiger partial charge in [-0.15, -0.1) is 21.5 Å². The molecular weight excluding hydrogens is 542 g/mol. The van der Waals surface area contributed by atoms with Crippen molar-refractivity contribution in [2.75, 3.05) is 26.3 Å². The first-order chi connectivity index (χ1) is 18.5. The Hall–Kier alpha value is -2.76. The number of nitrogens with zero attached hydrogens (tertiary/aromatic N) is 5. The molecule has 2 aromatic carbocycles. The van der Waals surface area contributed by atoms with Gasteiger partial charge in [0.1, 0.15) is 10.7 Å². The van der Waals surface area contributed by atoms with Crippen LogP contribution in [0.5, 0.6) is 0 Å². The third kappa shape index (κ3) is 5.11. The standard InChI is InChI=1S/C27H26ClN5O3S2/c1-18-6-8-19(9-7-18)33-24(20-4-2-3-5-21(20)28)30-31-26(33)38-17-23-29-22(16-37-23)25(34)32-12-10-27(11-13-32)35-14-15-36-27/h2-9,16H,10-15,17H2,1H3. The molecule has 1 spiro atoms.